The van der Waals surface area contributed by atoms with Gasteiger partial charge in [-0.3, -0.25) is 0 Å². The summed E-state index contributed by atoms with van der Waals surface area (Å²) in [6, 6.07) is 0.557. The number of alkyl halides is 6. The number of methoxy groups -OCH3 is 1. The summed E-state index contributed by atoms with van der Waals surface area (Å²) in [7, 11) is 0.990. The predicted molar refractivity (Wildman–Crippen MR) is 77.4 cm³/mol. The average molecular weight is 391 g/mol. The fraction of sp³-hybridized carbons (Fsp3) is 0.308. The molecule has 2 aromatic rings. The molecule has 0 spiro atoms. The molecule has 3 nitrogen and oxygen atoms in total. The van der Waals surface area contributed by atoms with E-state index in [1.807, 2.05) is 0 Å². The van der Waals surface area contributed by atoms with Gasteiger partial charge in [0.05, 0.1) is 30.5 Å². The summed E-state index contributed by atoms with van der Waals surface area (Å²) in [6.07, 6.45) is -8.58. The SMILES string of the molecule is COc1cc(C(F)(F)F)cc(C(F)(F)F)c1NCc1cnc(Cl)s1. The number of halogens is 7. The highest BCUT2D eigenvalue weighted by Crippen LogP contribution is 2.44. The molecule has 0 fully saturated rings. The molecular weight excluding hydrogens is 382 g/mol. The second-order valence-corrected chi connectivity index (χ2v) is 6.23. The monoisotopic (exact) mass is 390 g/mol. The van der Waals surface area contributed by atoms with Crippen LogP contribution >= 0.6 is 22.9 Å². The number of rotatable bonds is 4. The zero-order chi connectivity index (χ0) is 18.1. The number of nitrogens with one attached hydrogen (secondary N) is 1. The van der Waals surface area contributed by atoms with E-state index < -0.39 is 34.9 Å². The molecule has 0 amide bonds. The minimum Gasteiger partial charge on any atom is -0.495 e. The van der Waals surface area contributed by atoms with Crippen LogP contribution in [0.3, 0.4) is 0 Å². The fourth-order valence-corrected chi connectivity index (χ4v) is 2.80. The van der Waals surface area contributed by atoms with Crippen LogP contribution in [0.4, 0.5) is 32.0 Å². The first kappa shape index (κ1) is 18.7. The topological polar surface area (TPSA) is 34.1 Å². The Labute approximate surface area is 141 Å². The van der Waals surface area contributed by atoms with Gasteiger partial charge < -0.3 is 10.1 Å². The fourth-order valence-electron chi connectivity index (χ4n) is 1.89. The molecule has 24 heavy (non-hydrogen) atoms. The van der Waals surface area contributed by atoms with E-state index in [-0.39, 0.29) is 17.1 Å². The van der Waals surface area contributed by atoms with Crippen molar-refractivity contribution in [3.63, 3.8) is 0 Å². The Bertz CT molecular complexity index is 728. The normalized spacial score (nSPS) is 12.3. The summed E-state index contributed by atoms with van der Waals surface area (Å²) < 4.78 is 82.8. The number of anilines is 1. The molecule has 1 heterocycles. The minimum absolute atomic E-state index is 0.0461. The molecule has 0 bridgehead atoms. The standard InChI is InChI=1S/C13H9ClF6N2OS/c1-23-9-3-6(12(15,16)17)2-8(13(18,19)20)10(9)21-4-7-5-22-11(14)24-7/h2-3,5,21H,4H2,1H3. The van der Waals surface area contributed by atoms with Crippen LogP contribution in [0, 0.1) is 0 Å². The van der Waals surface area contributed by atoms with Crippen LogP contribution in [-0.4, -0.2) is 12.1 Å². The predicted octanol–water partition coefficient (Wildman–Crippen LogP) is 5.45. The van der Waals surface area contributed by atoms with Gasteiger partial charge in [0.25, 0.3) is 0 Å². The van der Waals surface area contributed by atoms with Gasteiger partial charge in [0, 0.05) is 11.1 Å². The maximum atomic E-state index is 13.2. The third-order valence-electron chi connectivity index (χ3n) is 2.92. The zero-order valence-electron chi connectivity index (χ0n) is 11.8. The molecular formula is C13H9ClF6N2OS. The Morgan fingerprint density at radius 2 is 1.83 bits per heavy atom. The first-order valence-electron chi connectivity index (χ1n) is 6.23. The number of thiazole rings is 1. The first-order chi connectivity index (χ1) is 11.0. The molecule has 0 aliphatic heterocycles. The zero-order valence-corrected chi connectivity index (χ0v) is 13.4. The number of nitrogens with zero attached hydrogens (tertiary/aromatic N) is 1. The van der Waals surface area contributed by atoms with E-state index in [1.165, 1.54) is 6.20 Å². The lowest BCUT2D eigenvalue weighted by Gasteiger charge is -2.20. The number of hydrogen-bond acceptors (Lipinski definition) is 4. The number of aromatic nitrogens is 1. The lowest BCUT2D eigenvalue weighted by atomic mass is 10.1. The van der Waals surface area contributed by atoms with Gasteiger partial charge in [-0.2, -0.15) is 26.3 Å². The minimum atomic E-state index is -5.00. The van der Waals surface area contributed by atoms with Crippen LogP contribution in [-0.2, 0) is 18.9 Å². The Kier molecular flexibility index (Phi) is 5.19. The van der Waals surface area contributed by atoms with E-state index in [2.05, 4.69) is 10.3 Å². The Balaban J connectivity index is 2.47. The molecule has 1 N–H and O–H groups in total. The van der Waals surface area contributed by atoms with Gasteiger partial charge in [-0.25, -0.2) is 4.98 Å². The highest BCUT2D eigenvalue weighted by molar-refractivity contribution is 7.15. The van der Waals surface area contributed by atoms with Crippen molar-refractivity contribution < 1.29 is 31.1 Å². The second-order valence-electron chi connectivity index (χ2n) is 4.53. The largest absolute Gasteiger partial charge is 0.495 e. The Morgan fingerprint density at radius 1 is 1.17 bits per heavy atom. The molecule has 0 aliphatic rings. The molecule has 0 saturated carbocycles. The summed E-state index contributed by atoms with van der Waals surface area (Å²) in [5.74, 6) is -0.562. The molecule has 2 rings (SSSR count). The van der Waals surface area contributed by atoms with Gasteiger partial charge in [-0.15, -0.1) is 11.3 Å². The summed E-state index contributed by atoms with van der Waals surface area (Å²) in [4.78, 5) is 4.24. The van der Waals surface area contributed by atoms with E-state index in [0.29, 0.717) is 10.9 Å². The van der Waals surface area contributed by atoms with Crippen molar-refractivity contribution in [2.24, 2.45) is 0 Å². The van der Waals surface area contributed by atoms with E-state index in [0.717, 1.165) is 18.4 Å². The van der Waals surface area contributed by atoms with E-state index >= 15 is 0 Å². The maximum absolute atomic E-state index is 13.2. The van der Waals surface area contributed by atoms with Crippen molar-refractivity contribution in [1.29, 1.82) is 0 Å². The van der Waals surface area contributed by atoms with Gasteiger partial charge in [-0.05, 0) is 12.1 Å². The number of hydrogen-bond donors (Lipinski definition) is 1. The molecule has 0 saturated heterocycles. The van der Waals surface area contributed by atoms with Crippen LogP contribution in [0.1, 0.15) is 16.0 Å². The Morgan fingerprint density at radius 3 is 2.29 bits per heavy atom. The van der Waals surface area contributed by atoms with Crippen molar-refractivity contribution in [3.05, 3.63) is 38.8 Å². The highest BCUT2D eigenvalue weighted by Gasteiger charge is 2.40. The summed E-state index contributed by atoms with van der Waals surface area (Å²) in [6.45, 7) is -0.102. The summed E-state index contributed by atoms with van der Waals surface area (Å²) in [5.41, 5.74) is -3.50. The van der Waals surface area contributed by atoms with Gasteiger partial charge in [0.1, 0.15) is 5.75 Å². The van der Waals surface area contributed by atoms with E-state index in [4.69, 9.17) is 16.3 Å². The van der Waals surface area contributed by atoms with Crippen molar-refractivity contribution in [1.82, 2.24) is 4.98 Å². The van der Waals surface area contributed by atoms with Crippen molar-refractivity contribution >= 4 is 28.6 Å². The maximum Gasteiger partial charge on any atom is 0.418 e. The first-order valence-corrected chi connectivity index (χ1v) is 7.42. The van der Waals surface area contributed by atoms with Crippen LogP contribution in [0.2, 0.25) is 4.47 Å². The smallest absolute Gasteiger partial charge is 0.418 e. The third kappa shape index (κ3) is 4.23. The summed E-state index contributed by atoms with van der Waals surface area (Å²) >= 11 is 6.66. The van der Waals surface area contributed by atoms with Crippen LogP contribution in [0.5, 0.6) is 5.75 Å². The highest BCUT2D eigenvalue weighted by atomic mass is 35.5. The average Bonchev–Trinajstić information content (AvgIpc) is 2.87. The molecule has 0 atom stereocenters. The molecule has 1 aromatic carbocycles. The number of benzene rings is 1. The van der Waals surface area contributed by atoms with E-state index in [1.54, 1.807) is 0 Å². The van der Waals surface area contributed by atoms with Gasteiger partial charge in [0.15, 0.2) is 4.47 Å². The number of ether oxygens (including phenoxy) is 1. The van der Waals surface area contributed by atoms with Crippen molar-refractivity contribution in [2.75, 3.05) is 12.4 Å². The molecule has 1 aromatic heterocycles. The molecule has 132 valence electrons. The van der Waals surface area contributed by atoms with Crippen molar-refractivity contribution in [3.8, 4) is 5.75 Å². The Hall–Kier alpha value is -1.68. The van der Waals surface area contributed by atoms with Crippen LogP contribution < -0.4 is 10.1 Å². The summed E-state index contributed by atoms with van der Waals surface area (Å²) in [5, 5.41) is 2.45. The van der Waals surface area contributed by atoms with Gasteiger partial charge in [0.2, 0.25) is 0 Å². The van der Waals surface area contributed by atoms with Crippen LogP contribution in [0.15, 0.2) is 18.3 Å². The second kappa shape index (κ2) is 6.67. The lowest BCUT2D eigenvalue weighted by Crippen LogP contribution is -2.15. The molecule has 0 aliphatic carbocycles. The van der Waals surface area contributed by atoms with Gasteiger partial charge in [-0.1, -0.05) is 11.6 Å². The van der Waals surface area contributed by atoms with Crippen molar-refractivity contribution in [2.45, 2.75) is 18.9 Å². The van der Waals surface area contributed by atoms with E-state index in [9.17, 15) is 26.3 Å². The molecule has 11 heteroatoms. The van der Waals surface area contributed by atoms with Crippen LogP contribution in [0.25, 0.3) is 0 Å². The molecule has 0 radical (unpaired) electrons. The molecule has 0 unspecified atom stereocenters. The van der Waals surface area contributed by atoms with Gasteiger partial charge >= 0.3 is 12.4 Å². The lowest BCUT2D eigenvalue weighted by molar-refractivity contribution is -0.142. The third-order valence-corrected chi connectivity index (χ3v) is 4.03. The quantitative estimate of drug-likeness (QED) is 0.704.